The van der Waals surface area contributed by atoms with Crippen molar-refractivity contribution in [1.82, 2.24) is 5.06 Å². The molecule has 7 heteroatoms. The second-order valence-corrected chi connectivity index (χ2v) is 7.70. The quantitative estimate of drug-likeness (QED) is 0.793. The fraction of sp³-hybridized carbons (Fsp3) is 0.391. The Morgan fingerprint density at radius 1 is 1.20 bits per heavy atom. The molecule has 0 unspecified atom stereocenters. The number of rotatable bonds is 5. The van der Waals surface area contributed by atoms with Gasteiger partial charge in [0.1, 0.15) is 11.4 Å². The summed E-state index contributed by atoms with van der Waals surface area (Å²) in [6, 6.07) is 15.6. The lowest BCUT2D eigenvalue weighted by Gasteiger charge is -2.35. The molecule has 0 aliphatic carbocycles. The number of oxime groups is 1. The van der Waals surface area contributed by atoms with Crippen LogP contribution in [0.25, 0.3) is 0 Å². The molecule has 2 aliphatic rings. The van der Waals surface area contributed by atoms with Crippen LogP contribution in [0.2, 0.25) is 0 Å². The van der Waals surface area contributed by atoms with Gasteiger partial charge in [-0.2, -0.15) is 0 Å². The molecule has 2 aromatic rings. The van der Waals surface area contributed by atoms with E-state index in [0.29, 0.717) is 13.1 Å². The Bertz CT molecular complexity index is 918. The first kappa shape index (κ1) is 20.2. The van der Waals surface area contributed by atoms with Crippen LogP contribution in [0.3, 0.4) is 0 Å². The molecule has 30 heavy (non-hydrogen) atoms. The van der Waals surface area contributed by atoms with Gasteiger partial charge in [0.15, 0.2) is 0 Å². The molecule has 0 aromatic heterocycles. The third kappa shape index (κ3) is 4.57. The number of amides is 1. The van der Waals surface area contributed by atoms with Crippen molar-refractivity contribution >= 4 is 17.5 Å². The van der Waals surface area contributed by atoms with Crippen LogP contribution >= 0.6 is 0 Å². The van der Waals surface area contributed by atoms with Crippen molar-refractivity contribution in [3.8, 4) is 5.75 Å². The zero-order valence-electron chi connectivity index (χ0n) is 17.4. The number of aryl methyl sites for hydroxylation is 1. The number of hydroxylamine groups is 2. The standard InChI is InChI=1S/C23H27N3O4/c1-3-17-7-9-19(10-8-17)24-22(27)29-26-13-11-23(12-14-26)16-21(25-30-23)18-5-4-6-20(15-18)28-2/h4-10,15H,3,11-14,16H2,1-2H3,(H,24,27). The van der Waals surface area contributed by atoms with E-state index in [9.17, 15) is 4.79 Å². The second kappa shape index (κ2) is 8.75. The molecule has 0 atom stereocenters. The number of piperidine rings is 1. The molecule has 0 saturated carbocycles. The van der Waals surface area contributed by atoms with Crippen LogP contribution in [-0.2, 0) is 16.1 Å². The maximum absolute atomic E-state index is 12.2. The van der Waals surface area contributed by atoms with Gasteiger partial charge < -0.3 is 14.4 Å². The van der Waals surface area contributed by atoms with E-state index in [1.807, 2.05) is 48.5 Å². The van der Waals surface area contributed by atoms with Gasteiger partial charge in [-0.1, -0.05) is 36.3 Å². The first-order chi connectivity index (χ1) is 14.6. The molecule has 0 bridgehead atoms. The van der Waals surface area contributed by atoms with E-state index in [1.54, 1.807) is 12.2 Å². The second-order valence-electron chi connectivity index (χ2n) is 7.70. The summed E-state index contributed by atoms with van der Waals surface area (Å²) in [4.78, 5) is 23.5. The Labute approximate surface area is 176 Å². The third-order valence-corrected chi connectivity index (χ3v) is 5.70. The van der Waals surface area contributed by atoms with Crippen LogP contribution < -0.4 is 10.1 Å². The minimum absolute atomic E-state index is 0.329. The Morgan fingerprint density at radius 2 is 1.97 bits per heavy atom. The first-order valence-electron chi connectivity index (χ1n) is 10.3. The average Bonchev–Trinajstić information content (AvgIpc) is 3.20. The normalized spacial score (nSPS) is 17.9. The molecule has 1 amide bonds. The maximum Gasteiger partial charge on any atom is 0.430 e. The lowest BCUT2D eigenvalue weighted by molar-refractivity contribution is -0.154. The van der Waals surface area contributed by atoms with Gasteiger partial charge in [-0.05, 0) is 36.2 Å². The lowest BCUT2D eigenvalue weighted by Crippen LogP contribution is -2.45. The van der Waals surface area contributed by atoms with E-state index >= 15 is 0 Å². The van der Waals surface area contributed by atoms with Crippen LogP contribution in [0, 0.1) is 0 Å². The summed E-state index contributed by atoms with van der Waals surface area (Å²) >= 11 is 0. The molecule has 7 nitrogen and oxygen atoms in total. The molecule has 2 aromatic carbocycles. The minimum Gasteiger partial charge on any atom is -0.497 e. The van der Waals surface area contributed by atoms with Crippen LogP contribution in [-0.4, -0.2) is 42.7 Å². The first-order valence-corrected chi connectivity index (χ1v) is 10.3. The highest BCUT2D eigenvalue weighted by Gasteiger charge is 2.43. The number of anilines is 1. The summed E-state index contributed by atoms with van der Waals surface area (Å²) in [6.45, 7) is 3.30. The van der Waals surface area contributed by atoms with E-state index in [4.69, 9.17) is 14.4 Å². The molecule has 1 spiro atoms. The third-order valence-electron chi connectivity index (χ3n) is 5.70. The number of carbonyl (C=O) groups excluding carboxylic acids is 1. The number of ether oxygens (including phenoxy) is 1. The highest BCUT2D eigenvalue weighted by molar-refractivity contribution is 6.02. The summed E-state index contributed by atoms with van der Waals surface area (Å²) in [6.07, 6.45) is 2.70. The van der Waals surface area contributed by atoms with Crippen molar-refractivity contribution in [2.75, 3.05) is 25.5 Å². The molecule has 1 saturated heterocycles. The van der Waals surface area contributed by atoms with Gasteiger partial charge in [-0.25, -0.2) is 4.79 Å². The number of hydrogen-bond acceptors (Lipinski definition) is 6. The lowest BCUT2D eigenvalue weighted by atomic mass is 9.86. The number of hydrogen-bond donors (Lipinski definition) is 1. The molecule has 158 valence electrons. The van der Waals surface area contributed by atoms with Crippen LogP contribution in [0.5, 0.6) is 5.75 Å². The Balaban J connectivity index is 1.27. The van der Waals surface area contributed by atoms with Crippen LogP contribution in [0.15, 0.2) is 53.7 Å². The topological polar surface area (TPSA) is 72.4 Å². The largest absolute Gasteiger partial charge is 0.497 e. The van der Waals surface area contributed by atoms with Crippen LogP contribution in [0.4, 0.5) is 10.5 Å². The van der Waals surface area contributed by atoms with Gasteiger partial charge in [-0.3, -0.25) is 5.32 Å². The molecule has 2 aliphatic heterocycles. The van der Waals surface area contributed by atoms with Gasteiger partial charge in [0.2, 0.25) is 0 Å². The summed E-state index contributed by atoms with van der Waals surface area (Å²) in [5.74, 6) is 0.801. The van der Waals surface area contributed by atoms with Crippen molar-refractivity contribution in [1.29, 1.82) is 0 Å². The zero-order valence-corrected chi connectivity index (χ0v) is 17.4. The van der Waals surface area contributed by atoms with Crippen molar-refractivity contribution in [2.24, 2.45) is 5.16 Å². The Kier molecular flexibility index (Phi) is 5.90. The zero-order chi connectivity index (χ0) is 21.0. The highest BCUT2D eigenvalue weighted by Crippen LogP contribution is 2.36. The van der Waals surface area contributed by atoms with Gasteiger partial charge in [0, 0.05) is 43.6 Å². The average molecular weight is 409 g/mol. The summed E-state index contributed by atoms with van der Waals surface area (Å²) in [5, 5.41) is 8.80. The molecule has 1 fully saturated rings. The Morgan fingerprint density at radius 3 is 2.67 bits per heavy atom. The van der Waals surface area contributed by atoms with Gasteiger partial charge in [-0.15, -0.1) is 5.06 Å². The predicted octanol–water partition coefficient (Wildman–Crippen LogP) is 4.38. The summed E-state index contributed by atoms with van der Waals surface area (Å²) in [5.41, 5.74) is 3.56. The van der Waals surface area contributed by atoms with Crippen molar-refractivity contribution < 1.29 is 19.2 Å². The molecule has 4 rings (SSSR count). The molecule has 0 radical (unpaired) electrons. The van der Waals surface area contributed by atoms with Crippen molar-refractivity contribution in [2.45, 2.75) is 38.2 Å². The summed E-state index contributed by atoms with van der Waals surface area (Å²) in [7, 11) is 1.65. The van der Waals surface area contributed by atoms with Gasteiger partial charge in [0.25, 0.3) is 0 Å². The molecular formula is C23H27N3O4. The number of nitrogens with one attached hydrogen (secondary N) is 1. The minimum atomic E-state index is -0.476. The summed E-state index contributed by atoms with van der Waals surface area (Å²) < 4.78 is 5.30. The molecule has 2 heterocycles. The fourth-order valence-corrected chi connectivity index (χ4v) is 3.81. The number of benzene rings is 2. The highest BCUT2D eigenvalue weighted by atomic mass is 16.7. The van der Waals surface area contributed by atoms with Crippen molar-refractivity contribution in [3.63, 3.8) is 0 Å². The SMILES string of the molecule is CCc1ccc(NC(=O)ON2CCC3(CC2)CC(c2cccc(OC)c2)=NO3)cc1. The molecular weight excluding hydrogens is 382 g/mol. The van der Waals surface area contributed by atoms with E-state index in [0.717, 1.165) is 48.4 Å². The maximum atomic E-state index is 12.2. The number of carbonyl (C=O) groups is 1. The van der Waals surface area contributed by atoms with E-state index in [2.05, 4.69) is 17.4 Å². The van der Waals surface area contributed by atoms with Crippen molar-refractivity contribution in [3.05, 3.63) is 59.7 Å². The monoisotopic (exact) mass is 409 g/mol. The fourth-order valence-electron chi connectivity index (χ4n) is 3.81. The van der Waals surface area contributed by atoms with E-state index in [1.165, 1.54) is 5.56 Å². The van der Waals surface area contributed by atoms with Gasteiger partial charge in [0.05, 0.1) is 12.8 Å². The number of nitrogens with zero attached hydrogens (tertiary/aromatic N) is 2. The van der Waals surface area contributed by atoms with Crippen LogP contribution in [0.1, 0.15) is 37.3 Å². The Hall–Kier alpha value is -3.06. The number of methoxy groups -OCH3 is 1. The van der Waals surface area contributed by atoms with E-state index in [-0.39, 0.29) is 5.60 Å². The molecule has 1 N–H and O–H groups in total. The van der Waals surface area contributed by atoms with E-state index < -0.39 is 6.09 Å². The smallest absolute Gasteiger partial charge is 0.430 e. The van der Waals surface area contributed by atoms with Gasteiger partial charge >= 0.3 is 6.09 Å². The predicted molar refractivity (Wildman–Crippen MR) is 115 cm³/mol.